The van der Waals surface area contributed by atoms with E-state index in [1.807, 2.05) is 32.0 Å². The van der Waals surface area contributed by atoms with Crippen molar-refractivity contribution in [3.05, 3.63) is 41.3 Å². The predicted molar refractivity (Wildman–Crippen MR) is 51.6 cm³/mol. The van der Waals surface area contributed by atoms with Crippen LogP contribution in [0.4, 0.5) is 0 Å². The first kappa shape index (κ1) is 14.6. The van der Waals surface area contributed by atoms with Crippen LogP contribution in [0, 0.1) is 20.3 Å². The van der Waals surface area contributed by atoms with Gasteiger partial charge in [-0.1, -0.05) is 34.9 Å². The van der Waals surface area contributed by atoms with Crippen molar-refractivity contribution in [3.8, 4) is 0 Å². The van der Waals surface area contributed by atoms with Gasteiger partial charge in [0.25, 0.3) is 0 Å². The minimum Gasteiger partial charge on any atom is -0.503 e. The van der Waals surface area contributed by atoms with Crippen molar-refractivity contribution in [1.82, 2.24) is 0 Å². The van der Waals surface area contributed by atoms with Crippen molar-refractivity contribution in [2.75, 3.05) is 0 Å². The quantitative estimate of drug-likeness (QED) is 0.738. The number of aryl methyl sites for hydroxylation is 2. The van der Waals surface area contributed by atoms with Crippen molar-refractivity contribution in [1.29, 1.82) is 0 Å². The van der Waals surface area contributed by atoms with E-state index in [4.69, 9.17) is 5.11 Å². The number of hydrogen-bond donors (Lipinski definition) is 1. The van der Waals surface area contributed by atoms with Gasteiger partial charge in [-0.15, -0.1) is 6.42 Å². The molecule has 0 aliphatic heterocycles. The van der Waals surface area contributed by atoms with E-state index >= 15 is 0 Å². The van der Waals surface area contributed by atoms with E-state index in [9.17, 15) is 4.79 Å². The molecule has 0 aliphatic carbocycles. The first-order valence-corrected chi connectivity index (χ1v) is 4.22. The Balaban J connectivity index is 0.00000169. The van der Waals surface area contributed by atoms with Gasteiger partial charge in [-0.3, -0.25) is 11.2 Å². The molecule has 3 heteroatoms. The number of carboxylic acids is 1. The fraction of sp³-hybridized carbons (Fsp3) is 0.273. The van der Waals surface area contributed by atoms with Crippen LogP contribution in [-0.4, -0.2) is 11.1 Å². The second-order valence-corrected chi connectivity index (χ2v) is 3.18. The summed E-state index contributed by atoms with van der Waals surface area (Å²) >= 11 is 0. The second-order valence-electron chi connectivity index (χ2n) is 3.18. The SMILES string of the molecule is Cc1ccc(C)c(C[CH-]C(=O)O)c1.[Cs+]. The van der Waals surface area contributed by atoms with Crippen molar-refractivity contribution in [3.63, 3.8) is 0 Å². The Morgan fingerprint density at radius 2 is 2.07 bits per heavy atom. The number of carbonyl (C=O) groups is 1. The average molecular weight is 310 g/mol. The van der Waals surface area contributed by atoms with Crippen molar-refractivity contribution in [2.24, 2.45) is 0 Å². The standard InChI is InChI=1S/C11H13O2.Cs/c1-8-3-4-9(2)10(7-8)5-6-11(12)13;/h3-4,6-7H,5H2,1-2H3,(H,12,13);/q-1;+1. The van der Waals surface area contributed by atoms with Gasteiger partial charge in [0.15, 0.2) is 5.97 Å². The van der Waals surface area contributed by atoms with Gasteiger partial charge in [-0.2, -0.15) is 0 Å². The summed E-state index contributed by atoms with van der Waals surface area (Å²) in [4.78, 5) is 10.3. The van der Waals surface area contributed by atoms with Crippen LogP contribution in [0.25, 0.3) is 0 Å². The minimum atomic E-state index is -0.860. The molecular weight excluding hydrogens is 297 g/mol. The molecule has 70 valence electrons. The molecule has 0 unspecified atom stereocenters. The van der Waals surface area contributed by atoms with E-state index in [-0.39, 0.29) is 68.9 Å². The summed E-state index contributed by atoms with van der Waals surface area (Å²) in [6, 6.07) is 6.06. The topological polar surface area (TPSA) is 37.3 Å². The maximum Gasteiger partial charge on any atom is 1.00 e. The molecule has 1 aromatic rings. The van der Waals surface area contributed by atoms with Crippen molar-refractivity contribution >= 4 is 5.97 Å². The van der Waals surface area contributed by atoms with Gasteiger partial charge in [0.2, 0.25) is 0 Å². The maximum absolute atomic E-state index is 10.3. The van der Waals surface area contributed by atoms with Crippen molar-refractivity contribution < 1.29 is 78.8 Å². The molecule has 1 N–H and O–H groups in total. The molecular formula is C11H13CsO2. The van der Waals surface area contributed by atoms with Crippen LogP contribution in [0.5, 0.6) is 0 Å². The third kappa shape index (κ3) is 4.91. The Bertz CT molecular complexity index is 321. The molecule has 0 fully saturated rings. The molecule has 1 rings (SSSR count). The molecule has 0 saturated heterocycles. The van der Waals surface area contributed by atoms with Crippen LogP contribution in [0.1, 0.15) is 16.7 Å². The number of carboxylic acid groups (broad SMARTS) is 1. The molecule has 0 spiro atoms. The van der Waals surface area contributed by atoms with Gasteiger partial charge in [0.1, 0.15) is 0 Å². The third-order valence-electron chi connectivity index (χ3n) is 2.00. The molecule has 1 aromatic carbocycles. The Morgan fingerprint density at radius 3 is 2.64 bits per heavy atom. The molecule has 0 heterocycles. The fourth-order valence-corrected chi connectivity index (χ4v) is 1.22. The Kier molecular flexibility index (Phi) is 7.29. The van der Waals surface area contributed by atoms with E-state index < -0.39 is 5.97 Å². The average Bonchev–Trinajstić information content (AvgIpc) is 2.06. The summed E-state index contributed by atoms with van der Waals surface area (Å²) in [7, 11) is 0. The summed E-state index contributed by atoms with van der Waals surface area (Å²) in [6.45, 7) is 3.99. The van der Waals surface area contributed by atoms with Gasteiger partial charge < -0.3 is 5.11 Å². The normalized spacial score (nSPS) is 9.00. The van der Waals surface area contributed by atoms with E-state index in [0.29, 0.717) is 6.42 Å². The monoisotopic (exact) mass is 310 g/mol. The summed E-state index contributed by atoms with van der Waals surface area (Å²) < 4.78 is 0. The largest absolute Gasteiger partial charge is 1.00 e. The first-order valence-electron chi connectivity index (χ1n) is 4.22. The molecule has 0 aromatic heterocycles. The maximum atomic E-state index is 10.3. The van der Waals surface area contributed by atoms with E-state index in [1.165, 1.54) is 12.0 Å². The molecule has 14 heavy (non-hydrogen) atoms. The summed E-state index contributed by atoms with van der Waals surface area (Å²) in [5.41, 5.74) is 3.39. The Hall–Kier alpha value is 0.612. The minimum absolute atomic E-state index is 0. The predicted octanol–water partition coefficient (Wildman–Crippen LogP) is -0.861. The van der Waals surface area contributed by atoms with Crippen LogP contribution in [0.15, 0.2) is 18.2 Å². The zero-order chi connectivity index (χ0) is 9.84. The zero-order valence-electron chi connectivity index (χ0n) is 8.87. The fourth-order valence-electron chi connectivity index (χ4n) is 1.22. The Morgan fingerprint density at radius 1 is 1.43 bits per heavy atom. The van der Waals surface area contributed by atoms with E-state index in [1.54, 1.807) is 0 Å². The summed E-state index contributed by atoms with van der Waals surface area (Å²) in [6.07, 6.45) is 1.78. The summed E-state index contributed by atoms with van der Waals surface area (Å²) in [5, 5.41) is 8.48. The summed E-state index contributed by atoms with van der Waals surface area (Å²) in [5.74, 6) is -0.860. The zero-order valence-corrected chi connectivity index (χ0v) is 15.2. The van der Waals surface area contributed by atoms with Gasteiger partial charge in [0.05, 0.1) is 0 Å². The molecule has 0 radical (unpaired) electrons. The second kappa shape index (κ2) is 6.98. The van der Waals surface area contributed by atoms with E-state index in [2.05, 4.69) is 0 Å². The molecule has 0 bridgehead atoms. The van der Waals surface area contributed by atoms with Crippen LogP contribution in [0.2, 0.25) is 0 Å². The number of benzene rings is 1. The van der Waals surface area contributed by atoms with Crippen LogP contribution in [0.3, 0.4) is 0 Å². The van der Waals surface area contributed by atoms with Gasteiger partial charge in [-0.25, -0.2) is 0 Å². The molecule has 0 atom stereocenters. The third-order valence-corrected chi connectivity index (χ3v) is 2.00. The Labute approximate surface area is 144 Å². The van der Waals surface area contributed by atoms with E-state index in [0.717, 1.165) is 11.1 Å². The van der Waals surface area contributed by atoms with Gasteiger partial charge >= 0.3 is 68.9 Å². The number of rotatable bonds is 3. The van der Waals surface area contributed by atoms with Crippen LogP contribution < -0.4 is 68.9 Å². The van der Waals surface area contributed by atoms with Crippen molar-refractivity contribution in [2.45, 2.75) is 20.3 Å². The van der Waals surface area contributed by atoms with Gasteiger partial charge in [0, 0.05) is 0 Å². The molecule has 0 amide bonds. The molecule has 0 saturated carbocycles. The molecule has 2 nitrogen and oxygen atoms in total. The smallest absolute Gasteiger partial charge is 0.503 e. The van der Waals surface area contributed by atoms with Crippen LogP contribution >= 0.6 is 0 Å². The van der Waals surface area contributed by atoms with Crippen LogP contribution in [-0.2, 0) is 11.2 Å². The number of aliphatic carboxylic acids is 1. The molecule has 0 aliphatic rings. The first-order chi connectivity index (χ1) is 6.09. The van der Waals surface area contributed by atoms with Gasteiger partial charge in [-0.05, 0) is 13.8 Å². The number of hydrogen-bond acceptors (Lipinski definition) is 1.